The van der Waals surface area contributed by atoms with Crippen molar-refractivity contribution in [2.45, 2.75) is 13.3 Å². The van der Waals surface area contributed by atoms with Gasteiger partial charge in [-0.2, -0.15) is 0 Å². The average Bonchev–Trinajstić information content (AvgIpc) is 2.14. The molecule has 0 aromatic carbocycles. The molecule has 0 rings (SSSR count). The molecule has 0 saturated carbocycles. The van der Waals surface area contributed by atoms with Crippen LogP contribution in [-0.4, -0.2) is 6.21 Å². The van der Waals surface area contributed by atoms with E-state index in [-0.39, 0.29) is 0 Å². The summed E-state index contributed by atoms with van der Waals surface area (Å²) >= 11 is 5.76. The Kier molecular flexibility index (Phi) is 6.93. The Morgan fingerprint density at radius 1 is 1.54 bits per heavy atom. The van der Waals surface area contributed by atoms with Gasteiger partial charge in [0.2, 0.25) is 0 Å². The first-order chi connectivity index (χ1) is 6.20. The van der Waals surface area contributed by atoms with E-state index in [1.807, 2.05) is 13.0 Å². The molecule has 0 N–H and O–H groups in total. The maximum atomic E-state index is 5.76. The fourth-order valence-electron chi connectivity index (χ4n) is 0.590. The summed E-state index contributed by atoms with van der Waals surface area (Å²) in [4.78, 5) is 4.07. The predicted molar refractivity (Wildman–Crippen MR) is 61.2 cm³/mol. The van der Waals surface area contributed by atoms with Crippen molar-refractivity contribution in [2.75, 3.05) is 0 Å². The molecule has 0 unspecified atom stereocenters. The van der Waals surface area contributed by atoms with Crippen molar-refractivity contribution < 1.29 is 0 Å². The summed E-state index contributed by atoms with van der Waals surface area (Å²) in [6, 6.07) is 0. The van der Waals surface area contributed by atoms with Crippen molar-refractivity contribution >= 4 is 17.8 Å². The monoisotopic (exact) mass is 195 g/mol. The Labute approximate surface area is 84.8 Å². The summed E-state index contributed by atoms with van der Waals surface area (Å²) in [5.74, 6) is 0. The van der Waals surface area contributed by atoms with Crippen LogP contribution in [0.3, 0.4) is 0 Å². The SMILES string of the molecule is C=C/C=C\C(=C)N=CC/C(Cl)=C\C. The molecule has 1 nitrogen and oxygen atoms in total. The molecule has 0 atom stereocenters. The van der Waals surface area contributed by atoms with Gasteiger partial charge in [0.25, 0.3) is 0 Å². The third-order valence-electron chi connectivity index (χ3n) is 1.28. The van der Waals surface area contributed by atoms with Gasteiger partial charge in [0.05, 0.1) is 5.70 Å². The predicted octanol–water partition coefficient (Wildman–Crippen LogP) is 3.85. The highest BCUT2D eigenvalue weighted by atomic mass is 35.5. The number of nitrogens with zero attached hydrogens (tertiary/aromatic N) is 1. The maximum absolute atomic E-state index is 5.76. The fraction of sp³-hybridized carbons (Fsp3) is 0.182. The van der Waals surface area contributed by atoms with E-state index in [0.29, 0.717) is 12.1 Å². The quantitative estimate of drug-likeness (QED) is 0.467. The Morgan fingerprint density at radius 2 is 2.23 bits per heavy atom. The highest BCUT2D eigenvalue weighted by molar-refractivity contribution is 6.30. The molecule has 70 valence electrons. The van der Waals surface area contributed by atoms with Crippen molar-refractivity contribution in [3.05, 3.63) is 48.2 Å². The van der Waals surface area contributed by atoms with E-state index < -0.39 is 0 Å². The van der Waals surface area contributed by atoms with Gasteiger partial charge >= 0.3 is 0 Å². The minimum Gasteiger partial charge on any atom is -0.262 e. The molecule has 0 aliphatic heterocycles. The molecule has 0 heterocycles. The zero-order valence-corrected chi connectivity index (χ0v) is 8.59. The molecule has 0 radical (unpaired) electrons. The van der Waals surface area contributed by atoms with Crippen LogP contribution in [0.15, 0.2) is 53.2 Å². The van der Waals surface area contributed by atoms with Crippen LogP contribution >= 0.6 is 11.6 Å². The van der Waals surface area contributed by atoms with Crippen LogP contribution in [0.2, 0.25) is 0 Å². The maximum Gasteiger partial charge on any atom is 0.0554 e. The summed E-state index contributed by atoms with van der Waals surface area (Å²) in [6.45, 7) is 9.16. The second-order valence-corrected chi connectivity index (χ2v) is 2.82. The van der Waals surface area contributed by atoms with Crippen molar-refractivity contribution in [3.63, 3.8) is 0 Å². The van der Waals surface area contributed by atoms with Gasteiger partial charge in [-0.25, -0.2) is 0 Å². The largest absolute Gasteiger partial charge is 0.262 e. The van der Waals surface area contributed by atoms with Gasteiger partial charge in [0, 0.05) is 17.7 Å². The summed E-state index contributed by atoms with van der Waals surface area (Å²) in [5.41, 5.74) is 0.695. The number of aliphatic imine (C=N–C) groups is 1. The normalized spacial score (nSPS) is 12.6. The molecule has 0 aromatic rings. The van der Waals surface area contributed by atoms with E-state index in [1.54, 1.807) is 24.4 Å². The summed E-state index contributed by atoms with van der Waals surface area (Å²) in [6.07, 6.45) is 9.48. The topological polar surface area (TPSA) is 12.4 Å². The molecular weight excluding hydrogens is 182 g/mol. The molecule has 0 bridgehead atoms. The first-order valence-electron chi connectivity index (χ1n) is 4.02. The average molecular weight is 196 g/mol. The molecule has 0 aromatic heterocycles. The summed E-state index contributed by atoms with van der Waals surface area (Å²) < 4.78 is 0. The molecule has 13 heavy (non-hydrogen) atoms. The van der Waals surface area contributed by atoms with Gasteiger partial charge in [-0.15, -0.1) is 0 Å². The second-order valence-electron chi connectivity index (χ2n) is 2.34. The van der Waals surface area contributed by atoms with Crippen LogP contribution in [0, 0.1) is 0 Å². The zero-order chi connectivity index (χ0) is 10.1. The van der Waals surface area contributed by atoms with Crippen LogP contribution in [-0.2, 0) is 0 Å². The molecule has 0 aliphatic carbocycles. The van der Waals surface area contributed by atoms with E-state index in [1.165, 1.54) is 0 Å². The second kappa shape index (κ2) is 7.56. The molecule has 0 spiro atoms. The fourth-order valence-corrected chi connectivity index (χ4v) is 0.659. The molecular formula is C11H14ClN. The molecule has 0 saturated heterocycles. The summed E-state index contributed by atoms with van der Waals surface area (Å²) in [7, 11) is 0. The van der Waals surface area contributed by atoms with Crippen LogP contribution in [0.25, 0.3) is 0 Å². The third kappa shape index (κ3) is 7.29. The minimum absolute atomic E-state index is 0.652. The highest BCUT2D eigenvalue weighted by Crippen LogP contribution is 2.04. The lowest BCUT2D eigenvalue weighted by molar-refractivity contribution is 1.37. The third-order valence-corrected chi connectivity index (χ3v) is 1.65. The number of rotatable bonds is 5. The van der Waals surface area contributed by atoms with Gasteiger partial charge in [-0.05, 0) is 13.0 Å². The lowest BCUT2D eigenvalue weighted by atomic mass is 10.4. The van der Waals surface area contributed by atoms with E-state index >= 15 is 0 Å². The molecule has 0 amide bonds. The van der Waals surface area contributed by atoms with Crippen LogP contribution in [0.5, 0.6) is 0 Å². The zero-order valence-electron chi connectivity index (χ0n) is 7.83. The summed E-state index contributed by atoms with van der Waals surface area (Å²) in [5, 5.41) is 0.782. The number of allylic oxidation sites excluding steroid dienone is 5. The van der Waals surface area contributed by atoms with Gasteiger partial charge in [-0.1, -0.05) is 43.0 Å². The van der Waals surface area contributed by atoms with Crippen LogP contribution in [0.1, 0.15) is 13.3 Å². The van der Waals surface area contributed by atoms with Crippen LogP contribution < -0.4 is 0 Å². The van der Waals surface area contributed by atoms with E-state index in [2.05, 4.69) is 18.2 Å². The van der Waals surface area contributed by atoms with Crippen LogP contribution in [0.4, 0.5) is 0 Å². The first kappa shape index (κ1) is 11.9. The lowest BCUT2D eigenvalue weighted by Gasteiger charge is -1.90. The van der Waals surface area contributed by atoms with Gasteiger partial charge < -0.3 is 0 Å². The Hall–Kier alpha value is -1.08. The van der Waals surface area contributed by atoms with Gasteiger partial charge in [-0.3, -0.25) is 4.99 Å². The van der Waals surface area contributed by atoms with Crippen molar-refractivity contribution in [1.29, 1.82) is 0 Å². The van der Waals surface area contributed by atoms with Gasteiger partial charge in [0.1, 0.15) is 0 Å². The van der Waals surface area contributed by atoms with E-state index in [4.69, 9.17) is 11.6 Å². The van der Waals surface area contributed by atoms with Crippen molar-refractivity contribution in [3.8, 4) is 0 Å². The van der Waals surface area contributed by atoms with E-state index in [9.17, 15) is 0 Å². The first-order valence-corrected chi connectivity index (χ1v) is 4.39. The molecule has 0 aliphatic rings. The van der Waals surface area contributed by atoms with Crippen molar-refractivity contribution in [2.24, 2.45) is 4.99 Å². The minimum atomic E-state index is 0.652. The van der Waals surface area contributed by atoms with E-state index in [0.717, 1.165) is 5.03 Å². The number of hydrogen-bond acceptors (Lipinski definition) is 1. The standard InChI is InChI=1S/C11H14ClN/c1-4-6-7-10(3)13-9-8-11(12)5-2/h4-7,9H,1,3,8H2,2H3/b7-6-,11-5+,13-9?. The Morgan fingerprint density at radius 3 is 2.77 bits per heavy atom. The van der Waals surface area contributed by atoms with Crippen molar-refractivity contribution in [1.82, 2.24) is 0 Å². The highest BCUT2D eigenvalue weighted by Gasteiger charge is 1.85. The number of halogens is 1. The molecule has 2 heteroatoms. The smallest absolute Gasteiger partial charge is 0.0554 e. The number of hydrogen-bond donors (Lipinski definition) is 0. The Balaban J connectivity index is 3.92. The Bertz CT molecular complexity index is 259. The molecule has 0 fully saturated rings. The van der Waals surface area contributed by atoms with Gasteiger partial charge in [0.15, 0.2) is 0 Å². The lowest BCUT2D eigenvalue weighted by Crippen LogP contribution is -1.76.